The van der Waals surface area contributed by atoms with Gasteiger partial charge in [-0.15, -0.1) is 0 Å². The van der Waals surface area contributed by atoms with Crippen LogP contribution in [0, 0.1) is 0 Å². The first kappa shape index (κ1) is 15.3. The molecule has 1 atom stereocenters. The van der Waals surface area contributed by atoms with E-state index in [1.807, 2.05) is 0 Å². The Labute approximate surface area is 97.4 Å². The Hall–Kier alpha value is -1.67. The second-order valence-corrected chi connectivity index (χ2v) is 3.45. The van der Waals surface area contributed by atoms with Gasteiger partial charge in [-0.2, -0.15) is 0 Å². The van der Waals surface area contributed by atoms with E-state index < -0.39 is 30.0 Å². The third kappa shape index (κ3) is 5.83. The van der Waals surface area contributed by atoms with Crippen molar-refractivity contribution >= 4 is 17.9 Å². The number of hydrogen-bond acceptors (Lipinski definition) is 5. The van der Waals surface area contributed by atoms with E-state index in [1.165, 1.54) is 0 Å². The summed E-state index contributed by atoms with van der Waals surface area (Å²) < 4.78 is 0. The van der Waals surface area contributed by atoms with Crippen molar-refractivity contribution in [2.24, 2.45) is 5.73 Å². The largest absolute Gasteiger partial charge is 0.480 e. The van der Waals surface area contributed by atoms with Crippen molar-refractivity contribution in [3.63, 3.8) is 0 Å². The number of nitrogens with one attached hydrogen (secondary N) is 1. The van der Waals surface area contributed by atoms with Crippen LogP contribution in [0.4, 0.5) is 0 Å². The van der Waals surface area contributed by atoms with E-state index in [0.717, 1.165) is 0 Å². The van der Waals surface area contributed by atoms with E-state index in [1.54, 1.807) is 0 Å². The van der Waals surface area contributed by atoms with Gasteiger partial charge in [0.05, 0.1) is 0 Å². The molecule has 0 bridgehead atoms. The van der Waals surface area contributed by atoms with Crippen LogP contribution in [0.15, 0.2) is 0 Å². The van der Waals surface area contributed by atoms with Gasteiger partial charge in [-0.3, -0.25) is 10.1 Å². The van der Waals surface area contributed by atoms with Crippen LogP contribution in [-0.4, -0.2) is 51.9 Å². The van der Waals surface area contributed by atoms with Gasteiger partial charge in [-0.25, -0.2) is 9.59 Å². The number of aliphatic carboxylic acids is 3. The summed E-state index contributed by atoms with van der Waals surface area (Å²) in [6.45, 7) is 0.396. The molecule has 0 unspecified atom stereocenters. The highest BCUT2D eigenvalue weighted by Crippen LogP contribution is 2.02. The third-order valence-electron chi connectivity index (χ3n) is 2.11. The maximum atomic E-state index is 10.8. The quantitative estimate of drug-likeness (QED) is 0.249. The molecule has 8 heteroatoms. The zero-order valence-corrected chi connectivity index (χ0v) is 9.13. The van der Waals surface area contributed by atoms with Crippen molar-refractivity contribution in [3.05, 3.63) is 0 Å². The molecule has 0 aliphatic carbocycles. The van der Waals surface area contributed by atoms with E-state index >= 15 is 0 Å². The second-order valence-electron chi connectivity index (χ2n) is 3.45. The molecule has 0 aromatic heterocycles. The van der Waals surface area contributed by atoms with Crippen molar-refractivity contribution in [2.75, 3.05) is 6.54 Å². The number of carboxylic acids is 3. The van der Waals surface area contributed by atoms with Crippen LogP contribution in [0.5, 0.6) is 0 Å². The molecule has 98 valence electrons. The van der Waals surface area contributed by atoms with Crippen LogP contribution in [0.2, 0.25) is 0 Å². The number of carbonyl (C=O) groups is 3. The summed E-state index contributed by atoms with van der Waals surface area (Å²) in [5.74, 6) is -4.53. The minimum atomic E-state index is -1.92. The van der Waals surface area contributed by atoms with E-state index in [9.17, 15) is 14.4 Å². The van der Waals surface area contributed by atoms with Gasteiger partial charge in [0.2, 0.25) is 6.04 Å². The van der Waals surface area contributed by atoms with E-state index in [0.29, 0.717) is 19.4 Å². The average Bonchev–Trinajstić information content (AvgIpc) is 2.21. The van der Waals surface area contributed by atoms with Crippen molar-refractivity contribution in [1.82, 2.24) is 5.32 Å². The molecule has 0 aliphatic heterocycles. The smallest absolute Gasteiger partial charge is 0.332 e. The molecule has 0 saturated carbocycles. The lowest BCUT2D eigenvalue weighted by atomic mass is 10.1. The third-order valence-corrected chi connectivity index (χ3v) is 2.11. The highest BCUT2D eigenvalue weighted by atomic mass is 16.4. The standard InChI is InChI=1S/C9H16N2O6/c10-4-2-1-3-5(7(12)13)11-6(8(14)15)9(16)17/h5-6,11H,1-4,10H2,(H,12,13)(H,14,15)(H,16,17)/t5-/m0/s1. The van der Waals surface area contributed by atoms with Crippen molar-refractivity contribution in [2.45, 2.75) is 31.3 Å². The maximum Gasteiger partial charge on any atom is 0.332 e. The minimum absolute atomic E-state index is 0.129. The molecule has 0 heterocycles. The van der Waals surface area contributed by atoms with Crippen LogP contribution >= 0.6 is 0 Å². The molecule has 17 heavy (non-hydrogen) atoms. The molecule has 8 nitrogen and oxygen atoms in total. The molecule has 0 saturated heterocycles. The molecular formula is C9H16N2O6. The van der Waals surface area contributed by atoms with E-state index in [2.05, 4.69) is 5.32 Å². The highest BCUT2D eigenvalue weighted by molar-refractivity contribution is 5.97. The monoisotopic (exact) mass is 248 g/mol. The summed E-state index contributed by atoms with van der Waals surface area (Å²) in [5, 5.41) is 28.1. The Morgan fingerprint density at radius 3 is 1.88 bits per heavy atom. The molecule has 0 rings (SSSR count). The number of hydrogen-bond donors (Lipinski definition) is 5. The number of rotatable bonds is 9. The molecular weight excluding hydrogens is 232 g/mol. The molecule has 0 spiro atoms. The SMILES string of the molecule is NCCCC[C@H](NC(C(=O)O)C(=O)O)C(=O)O. The second kappa shape index (κ2) is 7.58. The number of unbranched alkanes of at least 4 members (excludes halogenated alkanes) is 1. The normalized spacial score (nSPS) is 12.4. The summed E-state index contributed by atoms with van der Waals surface area (Å²) in [7, 11) is 0. The first-order valence-corrected chi connectivity index (χ1v) is 5.04. The fraction of sp³-hybridized carbons (Fsp3) is 0.667. The van der Waals surface area contributed by atoms with E-state index in [-0.39, 0.29) is 6.42 Å². The molecule has 0 aromatic rings. The lowest BCUT2D eigenvalue weighted by molar-refractivity contribution is -0.152. The van der Waals surface area contributed by atoms with E-state index in [4.69, 9.17) is 21.1 Å². The molecule has 0 aliphatic rings. The Balaban J connectivity index is 4.45. The van der Waals surface area contributed by atoms with Crippen LogP contribution in [0.3, 0.4) is 0 Å². The van der Waals surface area contributed by atoms with Gasteiger partial charge in [0.15, 0.2) is 0 Å². The van der Waals surface area contributed by atoms with Gasteiger partial charge in [0.1, 0.15) is 6.04 Å². The lowest BCUT2D eigenvalue weighted by Gasteiger charge is -2.17. The average molecular weight is 248 g/mol. The Bertz CT molecular complexity index is 279. The van der Waals surface area contributed by atoms with Crippen LogP contribution < -0.4 is 11.1 Å². The first-order valence-electron chi connectivity index (χ1n) is 5.04. The molecule has 6 N–H and O–H groups in total. The molecule has 0 amide bonds. The first-order chi connectivity index (χ1) is 7.90. The fourth-order valence-corrected chi connectivity index (χ4v) is 1.22. The van der Waals surface area contributed by atoms with Gasteiger partial charge in [0, 0.05) is 0 Å². The number of nitrogens with two attached hydrogens (primary N) is 1. The lowest BCUT2D eigenvalue weighted by Crippen LogP contribution is -2.51. The number of carboxylic acid groups (broad SMARTS) is 3. The summed E-state index contributed by atoms with van der Waals surface area (Å²) >= 11 is 0. The predicted octanol–water partition coefficient (Wildman–Crippen LogP) is -1.30. The Morgan fingerprint density at radius 2 is 1.53 bits per heavy atom. The highest BCUT2D eigenvalue weighted by Gasteiger charge is 2.30. The summed E-state index contributed by atoms with van der Waals surface area (Å²) in [4.78, 5) is 31.9. The summed E-state index contributed by atoms with van der Waals surface area (Å²) in [6, 6.07) is -3.13. The Morgan fingerprint density at radius 1 is 1.00 bits per heavy atom. The zero-order valence-electron chi connectivity index (χ0n) is 9.13. The van der Waals surface area contributed by atoms with Gasteiger partial charge in [-0.05, 0) is 19.4 Å². The van der Waals surface area contributed by atoms with Crippen LogP contribution in [0.25, 0.3) is 0 Å². The fourth-order valence-electron chi connectivity index (χ4n) is 1.22. The van der Waals surface area contributed by atoms with Gasteiger partial charge in [-0.1, -0.05) is 6.42 Å². The van der Waals surface area contributed by atoms with Gasteiger partial charge >= 0.3 is 17.9 Å². The molecule has 0 aromatic carbocycles. The van der Waals surface area contributed by atoms with Crippen molar-refractivity contribution in [3.8, 4) is 0 Å². The van der Waals surface area contributed by atoms with Crippen molar-refractivity contribution in [1.29, 1.82) is 0 Å². The van der Waals surface area contributed by atoms with Crippen LogP contribution in [0.1, 0.15) is 19.3 Å². The minimum Gasteiger partial charge on any atom is -0.480 e. The topological polar surface area (TPSA) is 150 Å². The van der Waals surface area contributed by atoms with Gasteiger partial charge in [0.25, 0.3) is 0 Å². The van der Waals surface area contributed by atoms with Crippen LogP contribution in [-0.2, 0) is 14.4 Å². The summed E-state index contributed by atoms with van der Waals surface area (Å²) in [5.41, 5.74) is 5.23. The molecule has 0 radical (unpaired) electrons. The molecule has 0 fully saturated rings. The summed E-state index contributed by atoms with van der Waals surface area (Å²) in [6.07, 6.45) is 1.20. The predicted molar refractivity (Wildman–Crippen MR) is 56.5 cm³/mol. The Kier molecular flexibility index (Phi) is 6.83. The van der Waals surface area contributed by atoms with Gasteiger partial charge < -0.3 is 21.1 Å². The maximum absolute atomic E-state index is 10.8. The zero-order chi connectivity index (χ0) is 13.4. The van der Waals surface area contributed by atoms with Crippen molar-refractivity contribution < 1.29 is 29.7 Å².